The van der Waals surface area contributed by atoms with Gasteiger partial charge in [-0.05, 0) is 44.1 Å². The van der Waals surface area contributed by atoms with Gasteiger partial charge >= 0.3 is 12.4 Å². The van der Waals surface area contributed by atoms with E-state index in [4.69, 9.17) is 4.74 Å². The Balaban J connectivity index is 2.31. The van der Waals surface area contributed by atoms with E-state index in [9.17, 15) is 26.3 Å². The summed E-state index contributed by atoms with van der Waals surface area (Å²) in [6.45, 7) is 1.24. The Kier molecular flexibility index (Phi) is 4.36. The lowest BCUT2D eigenvalue weighted by Crippen LogP contribution is -2.34. The number of benzene rings is 1. The quantitative estimate of drug-likeness (QED) is 0.837. The summed E-state index contributed by atoms with van der Waals surface area (Å²) >= 11 is 0. The summed E-state index contributed by atoms with van der Waals surface area (Å²) in [7, 11) is 0. The lowest BCUT2D eigenvalue weighted by atomic mass is 10.1. The molecule has 1 saturated heterocycles. The molecule has 0 saturated carbocycles. The van der Waals surface area contributed by atoms with E-state index in [1.165, 1.54) is 0 Å². The van der Waals surface area contributed by atoms with Crippen LogP contribution in [-0.4, -0.2) is 19.2 Å². The highest BCUT2D eigenvalue weighted by Gasteiger charge is 2.37. The fourth-order valence-corrected chi connectivity index (χ4v) is 2.10. The van der Waals surface area contributed by atoms with E-state index in [0.717, 1.165) is 0 Å². The van der Waals surface area contributed by atoms with E-state index in [-0.39, 0.29) is 12.2 Å². The van der Waals surface area contributed by atoms with Crippen LogP contribution >= 0.6 is 0 Å². The van der Waals surface area contributed by atoms with Gasteiger partial charge < -0.3 is 10.1 Å². The second-order valence-corrected chi connectivity index (χ2v) is 4.81. The number of nitrogens with one attached hydrogen (secondary N) is 1. The first-order chi connectivity index (χ1) is 9.66. The van der Waals surface area contributed by atoms with Crippen molar-refractivity contribution in [1.29, 1.82) is 0 Å². The van der Waals surface area contributed by atoms with Crippen LogP contribution in [0.1, 0.15) is 24.0 Å². The van der Waals surface area contributed by atoms with Gasteiger partial charge in [-0.2, -0.15) is 26.3 Å². The smallest absolute Gasteiger partial charge is 0.416 e. The SMILES string of the molecule is FC(F)(F)c1cc(OC2CCNCC2)cc(C(F)(F)F)c1. The van der Waals surface area contributed by atoms with Crippen molar-refractivity contribution < 1.29 is 31.1 Å². The third-order valence-electron chi connectivity index (χ3n) is 3.15. The van der Waals surface area contributed by atoms with E-state index in [1.54, 1.807) is 0 Å². The van der Waals surface area contributed by atoms with Crippen LogP contribution in [-0.2, 0) is 12.4 Å². The summed E-state index contributed by atoms with van der Waals surface area (Å²) < 4.78 is 81.4. The number of halogens is 6. The number of hydrogen-bond acceptors (Lipinski definition) is 2. The summed E-state index contributed by atoms with van der Waals surface area (Å²) in [6, 6.07) is 1.31. The molecule has 1 aromatic rings. The van der Waals surface area contributed by atoms with Crippen LogP contribution in [0.25, 0.3) is 0 Å². The number of rotatable bonds is 2. The molecule has 21 heavy (non-hydrogen) atoms. The van der Waals surface area contributed by atoms with Crippen molar-refractivity contribution >= 4 is 0 Å². The molecular weight excluding hydrogens is 300 g/mol. The molecule has 2 nitrogen and oxygen atoms in total. The number of hydrogen-bond donors (Lipinski definition) is 1. The van der Waals surface area contributed by atoms with Gasteiger partial charge in [-0.25, -0.2) is 0 Å². The fraction of sp³-hybridized carbons (Fsp3) is 0.538. The molecule has 8 heteroatoms. The van der Waals surface area contributed by atoms with E-state index < -0.39 is 29.2 Å². The molecule has 0 unspecified atom stereocenters. The Morgan fingerprint density at radius 1 is 0.857 bits per heavy atom. The van der Waals surface area contributed by atoms with Crippen LogP contribution in [0, 0.1) is 0 Å². The van der Waals surface area contributed by atoms with Gasteiger partial charge in [-0.1, -0.05) is 0 Å². The van der Waals surface area contributed by atoms with Crippen LogP contribution in [0.2, 0.25) is 0 Å². The predicted octanol–water partition coefficient (Wildman–Crippen LogP) is 3.86. The normalized spacial score (nSPS) is 17.8. The second-order valence-electron chi connectivity index (χ2n) is 4.81. The van der Waals surface area contributed by atoms with Gasteiger partial charge in [-0.3, -0.25) is 0 Å². The number of piperidine rings is 1. The van der Waals surface area contributed by atoms with Gasteiger partial charge in [0.25, 0.3) is 0 Å². The van der Waals surface area contributed by atoms with Gasteiger partial charge in [0.1, 0.15) is 11.9 Å². The van der Waals surface area contributed by atoms with Crippen molar-refractivity contribution in [2.75, 3.05) is 13.1 Å². The van der Waals surface area contributed by atoms with Crippen molar-refractivity contribution in [2.45, 2.75) is 31.3 Å². The lowest BCUT2D eigenvalue weighted by molar-refractivity contribution is -0.143. The highest BCUT2D eigenvalue weighted by atomic mass is 19.4. The maximum absolute atomic E-state index is 12.7. The summed E-state index contributed by atoms with van der Waals surface area (Å²) in [5.74, 6) is -0.399. The van der Waals surface area contributed by atoms with Crippen LogP contribution in [0.3, 0.4) is 0 Å². The molecule has 0 aromatic heterocycles. The molecule has 118 valence electrons. The molecule has 1 heterocycles. The van der Waals surface area contributed by atoms with Crippen LogP contribution < -0.4 is 10.1 Å². The summed E-state index contributed by atoms with van der Waals surface area (Å²) in [4.78, 5) is 0. The Morgan fingerprint density at radius 2 is 1.33 bits per heavy atom. The van der Waals surface area contributed by atoms with Crippen molar-refractivity contribution in [3.8, 4) is 5.75 Å². The minimum atomic E-state index is -4.85. The Labute approximate surface area is 117 Å². The van der Waals surface area contributed by atoms with E-state index in [1.807, 2.05) is 0 Å². The fourth-order valence-electron chi connectivity index (χ4n) is 2.10. The van der Waals surface area contributed by atoms with Crippen LogP contribution in [0.15, 0.2) is 18.2 Å². The first-order valence-corrected chi connectivity index (χ1v) is 6.33. The molecule has 1 aromatic carbocycles. The van der Waals surface area contributed by atoms with Crippen LogP contribution in [0.4, 0.5) is 26.3 Å². The number of ether oxygens (including phenoxy) is 1. The highest BCUT2D eigenvalue weighted by molar-refractivity contribution is 5.37. The molecular formula is C13H13F6NO. The topological polar surface area (TPSA) is 21.3 Å². The van der Waals surface area contributed by atoms with Gasteiger partial charge in [-0.15, -0.1) is 0 Å². The predicted molar refractivity (Wildman–Crippen MR) is 63.0 cm³/mol. The average Bonchev–Trinajstić information content (AvgIpc) is 2.37. The zero-order valence-corrected chi connectivity index (χ0v) is 10.8. The second kappa shape index (κ2) is 5.75. The molecule has 1 fully saturated rings. The molecule has 1 N–H and O–H groups in total. The maximum Gasteiger partial charge on any atom is 0.416 e. The average molecular weight is 313 g/mol. The van der Waals surface area contributed by atoms with Gasteiger partial charge in [0.15, 0.2) is 0 Å². The zero-order chi connectivity index (χ0) is 15.7. The first-order valence-electron chi connectivity index (χ1n) is 6.33. The van der Waals surface area contributed by atoms with Crippen molar-refractivity contribution in [3.63, 3.8) is 0 Å². The molecule has 0 radical (unpaired) electrons. The summed E-state index contributed by atoms with van der Waals surface area (Å²) in [6.07, 6.45) is -9.01. The Hall–Kier alpha value is -1.44. The number of alkyl halides is 6. The maximum atomic E-state index is 12.7. The van der Waals surface area contributed by atoms with E-state index >= 15 is 0 Å². The van der Waals surface area contributed by atoms with Gasteiger partial charge in [0, 0.05) is 0 Å². The molecule has 0 amide bonds. The molecule has 1 aliphatic rings. The van der Waals surface area contributed by atoms with Crippen molar-refractivity contribution in [3.05, 3.63) is 29.3 Å². The molecule has 1 aliphatic heterocycles. The van der Waals surface area contributed by atoms with E-state index in [2.05, 4.69) is 5.32 Å². The third kappa shape index (κ3) is 4.26. The van der Waals surface area contributed by atoms with Crippen molar-refractivity contribution in [2.24, 2.45) is 0 Å². The Bertz CT molecular complexity index is 458. The summed E-state index contributed by atoms with van der Waals surface area (Å²) in [5, 5.41) is 3.03. The van der Waals surface area contributed by atoms with Crippen LogP contribution in [0.5, 0.6) is 5.75 Å². The Morgan fingerprint density at radius 3 is 1.76 bits per heavy atom. The zero-order valence-electron chi connectivity index (χ0n) is 10.8. The minimum Gasteiger partial charge on any atom is -0.490 e. The molecule has 0 spiro atoms. The largest absolute Gasteiger partial charge is 0.490 e. The minimum absolute atomic E-state index is 0.0925. The molecule has 0 bridgehead atoms. The highest BCUT2D eigenvalue weighted by Crippen LogP contribution is 2.38. The monoisotopic (exact) mass is 313 g/mol. The molecule has 0 atom stereocenters. The van der Waals surface area contributed by atoms with E-state index in [0.29, 0.717) is 38.1 Å². The van der Waals surface area contributed by atoms with Gasteiger partial charge in [0.2, 0.25) is 0 Å². The lowest BCUT2D eigenvalue weighted by Gasteiger charge is -2.24. The van der Waals surface area contributed by atoms with Crippen molar-refractivity contribution in [1.82, 2.24) is 5.32 Å². The standard InChI is InChI=1S/C13H13F6NO/c14-12(15,16)8-5-9(13(17,18)19)7-11(6-8)21-10-1-3-20-4-2-10/h5-7,10,20H,1-4H2. The first kappa shape index (κ1) is 15.9. The van der Waals surface area contributed by atoms with Gasteiger partial charge in [0.05, 0.1) is 11.1 Å². The molecule has 0 aliphatic carbocycles. The third-order valence-corrected chi connectivity index (χ3v) is 3.15. The molecule has 2 rings (SSSR count). The summed E-state index contributed by atoms with van der Waals surface area (Å²) in [5.41, 5.74) is -2.72.